The van der Waals surface area contributed by atoms with Crippen molar-refractivity contribution in [1.82, 2.24) is 14.8 Å². The molecule has 0 amide bonds. The maximum atomic E-state index is 9.20. The molecule has 1 aromatic carbocycles. The molecule has 2 aromatic heterocycles. The molecule has 3 rings (SSSR count). The summed E-state index contributed by atoms with van der Waals surface area (Å²) in [5, 5.41) is 14.3. The van der Waals surface area contributed by atoms with Crippen LogP contribution in [0.15, 0.2) is 42.7 Å². The molecule has 0 radical (unpaired) electrons. The van der Waals surface area contributed by atoms with Gasteiger partial charge >= 0.3 is 0 Å². The van der Waals surface area contributed by atoms with Gasteiger partial charge in [0.05, 0.1) is 26.9 Å². The van der Waals surface area contributed by atoms with Crippen molar-refractivity contribution in [2.75, 3.05) is 0 Å². The Labute approximate surface area is 117 Å². The van der Waals surface area contributed by atoms with Crippen LogP contribution in [0, 0.1) is 14.9 Å². The van der Waals surface area contributed by atoms with E-state index >= 15 is 0 Å². The maximum absolute atomic E-state index is 9.20. The third-order valence-corrected chi connectivity index (χ3v) is 3.17. The average molecular weight is 346 g/mol. The Morgan fingerprint density at radius 1 is 1.28 bits per heavy atom. The summed E-state index contributed by atoms with van der Waals surface area (Å²) < 4.78 is 2.70. The van der Waals surface area contributed by atoms with Gasteiger partial charge < -0.3 is 0 Å². The number of fused-ring (bicyclic) bond motifs is 1. The molecule has 0 atom stereocenters. The van der Waals surface area contributed by atoms with Gasteiger partial charge in [0.2, 0.25) is 0 Å². The van der Waals surface area contributed by atoms with E-state index in [-0.39, 0.29) is 0 Å². The topological polar surface area (TPSA) is 54.5 Å². The Morgan fingerprint density at radius 3 is 2.83 bits per heavy atom. The second-order valence-corrected chi connectivity index (χ2v) is 5.01. The van der Waals surface area contributed by atoms with Crippen LogP contribution in [0.2, 0.25) is 0 Å². The van der Waals surface area contributed by atoms with Crippen molar-refractivity contribution in [3.8, 4) is 11.9 Å². The molecular formula is C13H7IN4. The number of halogens is 1. The van der Waals surface area contributed by atoms with E-state index in [1.54, 1.807) is 16.9 Å². The van der Waals surface area contributed by atoms with E-state index in [1.807, 2.05) is 30.5 Å². The molecule has 0 N–H and O–H groups in total. The molecule has 4 nitrogen and oxygen atoms in total. The smallest absolute Gasteiger partial charge is 0.155 e. The van der Waals surface area contributed by atoms with E-state index in [1.165, 1.54) is 0 Å². The Morgan fingerprint density at radius 2 is 2.11 bits per heavy atom. The minimum Gasteiger partial charge on any atom is -0.229 e. The minimum atomic E-state index is 0.612. The van der Waals surface area contributed by atoms with Gasteiger partial charge in [0.15, 0.2) is 5.82 Å². The molecular weight excluding hydrogens is 339 g/mol. The van der Waals surface area contributed by atoms with E-state index in [2.05, 4.69) is 38.7 Å². The number of aromatic nitrogens is 3. The lowest BCUT2D eigenvalue weighted by molar-refractivity contribution is 0.852. The zero-order chi connectivity index (χ0) is 12.5. The summed E-state index contributed by atoms with van der Waals surface area (Å²) in [6, 6.07) is 11.6. The largest absolute Gasteiger partial charge is 0.229 e. The van der Waals surface area contributed by atoms with Crippen molar-refractivity contribution in [1.29, 1.82) is 5.26 Å². The zero-order valence-corrected chi connectivity index (χ0v) is 11.4. The molecule has 2 heterocycles. The molecule has 0 aliphatic carbocycles. The van der Waals surface area contributed by atoms with Crippen LogP contribution in [0.4, 0.5) is 0 Å². The summed E-state index contributed by atoms with van der Waals surface area (Å²) in [5.41, 5.74) is 1.41. The number of para-hydroxylation sites is 1. The van der Waals surface area contributed by atoms with E-state index in [0.29, 0.717) is 11.4 Å². The van der Waals surface area contributed by atoms with E-state index in [9.17, 15) is 5.26 Å². The van der Waals surface area contributed by atoms with E-state index in [0.717, 1.165) is 14.5 Å². The fourth-order valence-corrected chi connectivity index (χ4v) is 2.19. The molecule has 0 unspecified atom stereocenters. The molecule has 0 aliphatic rings. The summed E-state index contributed by atoms with van der Waals surface area (Å²) in [4.78, 5) is 4.51. The molecule has 86 valence electrons. The summed E-state index contributed by atoms with van der Waals surface area (Å²) in [6.07, 6.45) is 3.63. The molecule has 0 bridgehead atoms. The van der Waals surface area contributed by atoms with Gasteiger partial charge in [0, 0.05) is 17.6 Å². The van der Waals surface area contributed by atoms with Crippen molar-refractivity contribution in [3.63, 3.8) is 0 Å². The van der Waals surface area contributed by atoms with Gasteiger partial charge in [0.25, 0.3) is 0 Å². The Hall–Kier alpha value is -1.94. The van der Waals surface area contributed by atoms with E-state index < -0.39 is 0 Å². The highest BCUT2D eigenvalue weighted by Crippen LogP contribution is 2.19. The summed E-state index contributed by atoms with van der Waals surface area (Å²) >= 11 is 2.19. The molecule has 18 heavy (non-hydrogen) atoms. The van der Waals surface area contributed by atoms with Crippen LogP contribution in [0.25, 0.3) is 16.7 Å². The molecule has 0 spiro atoms. The standard InChI is InChI=1S/C13H7IN4/c14-10-7-16-18(8-10)13-5-9(6-15)11-3-1-2-4-12(11)17-13/h1-5,7-8H. The fraction of sp³-hybridized carbons (Fsp3) is 0. The lowest BCUT2D eigenvalue weighted by Gasteiger charge is -2.04. The Balaban J connectivity index is 2.29. The van der Waals surface area contributed by atoms with Crippen molar-refractivity contribution < 1.29 is 0 Å². The number of hydrogen-bond acceptors (Lipinski definition) is 3. The van der Waals surface area contributed by atoms with Gasteiger partial charge in [-0.2, -0.15) is 10.4 Å². The molecule has 5 heteroatoms. The SMILES string of the molecule is N#Cc1cc(-n2cc(I)cn2)nc2ccccc12. The molecule has 0 saturated heterocycles. The van der Waals surface area contributed by atoms with Crippen molar-refractivity contribution in [2.45, 2.75) is 0 Å². The van der Waals surface area contributed by atoms with Crippen molar-refractivity contribution >= 4 is 33.5 Å². The highest BCUT2D eigenvalue weighted by molar-refractivity contribution is 14.1. The predicted octanol–water partition coefficient (Wildman–Crippen LogP) is 2.90. The molecule has 0 saturated carbocycles. The van der Waals surface area contributed by atoms with Gasteiger partial charge in [-0.1, -0.05) is 18.2 Å². The van der Waals surface area contributed by atoms with Crippen LogP contribution in [-0.4, -0.2) is 14.8 Å². The van der Waals surface area contributed by atoms with Gasteiger partial charge in [-0.25, -0.2) is 9.67 Å². The van der Waals surface area contributed by atoms with E-state index in [4.69, 9.17) is 0 Å². The second-order valence-electron chi connectivity index (χ2n) is 3.76. The highest BCUT2D eigenvalue weighted by Gasteiger charge is 2.07. The Kier molecular flexibility index (Phi) is 2.72. The number of nitrogens with zero attached hydrogens (tertiary/aromatic N) is 4. The van der Waals surface area contributed by atoms with Gasteiger partial charge in [-0.3, -0.25) is 0 Å². The number of nitriles is 1. The zero-order valence-electron chi connectivity index (χ0n) is 9.21. The first-order valence-electron chi connectivity index (χ1n) is 5.28. The lowest BCUT2D eigenvalue weighted by Crippen LogP contribution is -1.99. The van der Waals surface area contributed by atoms with Crippen LogP contribution < -0.4 is 0 Å². The summed E-state index contributed by atoms with van der Waals surface area (Å²) in [7, 11) is 0. The van der Waals surface area contributed by atoms with Crippen molar-refractivity contribution in [3.05, 3.63) is 51.9 Å². The number of hydrogen-bond donors (Lipinski definition) is 0. The van der Waals surface area contributed by atoms with Gasteiger partial charge in [-0.05, 0) is 28.7 Å². The lowest BCUT2D eigenvalue weighted by atomic mass is 10.1. The summed E-state index contributed by atoms with van der Waals surface area (Å²) in [5.74, 6) is 0.660. The Bertz CT molecular complexity index is 770. The third-order valence-electron chi connectivity index (χ3n) is 2.61. The van der Waals surface area contributed by atoms with Crippen LogP contribution in [0.3, 0.4) is 0 Å². The average Bonchev–Trinajstić information content (AvgIpc) is 2.84. The van der Waals surface area contributed by atoms with Gasteiger partial charge in [-0.15, -0.1) is 0 Å². The number of benzene rings is 1. The monoisotopic (exact) mass is 346 g/mol. The normalized spacial score (nSPS) is 10.4. The van der Waals surface area contributed by atoms with Crippen LogP contribution >= 0.6 is 22.6 Å². The minimum absolute atomic E-state index is 0.612. The highest BCUT2D eigenvalue weighted by atomic mass is 127. The first kappa shape index (κ1) is 11.2. The number of pyridine rings is 1. The van der Waals surface area contributed by atoms with Crippen LogP contribution in [0.5, 0.6) is 0 Å². The summed E-state index contributed by atoms with van der Waals surface area (Å²) in [6.45, 7) is 0. The first-order chi connectivity index (χ1) is 8.78. The first-order valence-corrected chi connectivity index (χ1v) is 6.36. The fourth-order valence-electron chi connectivity index (χ4n) is 1.80. The number of rotatable bonds is 1. The van der Waals surface area contributed by atoms with Crippen molar-refractivity contribution in [2.24, 2.45) is 0 Å². The van der Waals surface area contributed by atoms with Crippen LogP contribution in [-0.2, 0) is 0 Å². The molecule has 3 aromatic rings. The second kappa shape index (κ2) is 4.38. The third kappa shape index (κ3) is 1.84. The predicted molar refractivity (Wildman–Crippen MR) is 76.3 cm³/mol. The molecule has 0 aliphatic heterocycles. The molecule has 0 fully saturated rings. The van der Waals surface area contributed by atoms with Crippen LogP contribution in [0.1, 0.15) is 5.56 Å². The quantitative estimate of drug-likeness (QED) is 0.637. The maximum Gasteiger partial charge on any atom is 0.155 e. The van der Waals surface area contributed by atoms with Gasteiger partial charge in [0.1, 0.15) is 0 Å².